The molecule has 1 amide bonds. The van der Waals surface area contributed by atoms with Gasteiger partial charge in [-0.1, -0.05) is 24.3 Å². The van der Waals surface area contributed by atoms with E-state index in [0.29, 0.717) is 11.3 Å². The lowest BCUT2D eigenvalue weighted by atomic mass is 9.76. The Hall–Kier alpha value is -3.63. The number of fused-ring (bicyclic) bond motifs is 4. The van der Waals surface area contributed by atoms with Gasteiger partial charge in [0.1, 0.15) is 29.3 Å². The molecule has 0 bridgehead atoms. The monoisotopic (exact) mass is 469 g/mol. The second kappa shape index (κ2) is 6.93. The molecule has 5 rings (SSSR count). The lowest BCUT2D eigenvalue weighted by Gasteiger charge is -2.24. The minimum Gasteiger partial charge on any atom is -0.491 e. The number of rotatable bonds is 3. The number of hydrogen-bond donors (Lipinski definition) is 0. The van der Waals surface area contributed by atoms with Crippen LogP contribution in [0.3, 0.4) is 0 Å². The summed E-state index contributed by atoms with van der Waals surface area (Å²) in [6.45, 7) is -0.722. The number of hydrogen-bond acceptors (Lipinski definition) is 4. The number of carbonyl (C=O) groups excluding carboxylic acids is 1. The Morgan fingerprint density at radius 1 is 0.970 bits per heavy atom. The van der Waals surface area contributed by atoms with Crippen molar-refractivity contribution in [1.82, 2.24) is 0 Å². The third-order valence-electron chi connectivity index (χ3n) is 5.60. The summed E-state index contributed by atoms with van der Waals surface area (Å²) >= 11 is 0. The van der Waals surface area contributed by atoms with Crippen LogP contribution < -0.4 is 14.4 Å². The van der Waals surface area contributed by atoms with Gasteiger partial charge in [0.05, 0.1) is 12.2 Å². The van der Waals surface area contributed by atoms with E-state index in [1.165, 1.54) is 12.1 Å². The quantitative estimate of drug-likeness (QED) is 0.481. The minimum atomic E-state index is -5.03. The second-order valence-corrected chi connectivity index (χ2v) is 7.54. The van der Waals surface area contributed by atoms with E-state index < -0.39 is 41.9 Å². The molecule has 33 heavy (non-hydrogen) atoms. The summed E-state index contributed by atoms with van der Waals surface area (Å²) in [6, 6.07) is 11.9. The summed E-state index contributed by atoms with van der Waals surface area (Å²) in [5, 5.41) is 0. The van der Waals surface area contributed by atoms with Crippen LogP contribution in [0, 0.1) is 0 Å². The van der Waals surface area contributed by atoms with Gasteiger partial charge in [0.25, 0.3) is 0 Å². The Bertz CT molecular complexity index is 1250. The fourth-order valence-corrected chi connectivity index (χ4v) is 4.35. The molecule has 0 aliphatic carbocycles. The van der Waals surface area contributed by atoms with Gasteiger partial charge in [-0.25, -0.2) is 0 Å². The van der Waals surface area contributed by atoms with Crippen molar-refractivity contribution in [2.24, 2.45) is 0 Å². The molecule has 0 saturated heterocycles. The number of furan rings is 1. The van der Waals surface area contributed by atoms with Gasteiger partial charge in [0, 0.05) is 11.1 Å². The predicted octanol–water partition coefficient (Wildman–Crippen LogP) is 5.42. The number of amides is 1. The molecule has 172 valence electrons. The Morgan fingerprint density at radius 3 is 2.42 bits per heavy atom. The number of carbonyl (C=O) groups is 1. The van der Waals surface area contributed by atoms with Gasteiger partial charge in [0.2, 0.25) is 11.7 Å². The largest absolute Gasteiger partial charge is 0.573 e. The molecule has 11 heteroatoms. The highest BCUT2D eigenvalue weighted by Gasteiger charge is 2.59. The van der Waals surface area contributed by atoms with Gasteiger partial charge in [-0.2, -0.15) is 13.2 Å². The van der Waals surface area contributed by atoms with Gasteiger partial charge >= 0.3 is 12.5 Å². The molecule has 1 aromatic heterocycles. The predicted molar refractivity (Wildman–Crippen MR) is 101 cm³/mol. The smallest absolute Gasteiger partial charge is 0.491 e. The van der Waals surface area contributed by atoms with Crippen molar-refractivity contribution in [3.63, 3.8) is 0 Å². The lowest BCUT2D eigenvalue weighted by Crippen LogP contribution is -2.42. The highest BCUT2D eigenvalue weighted by Crippen LogP contribution is 2.56. The van der Waals surface area contributed by atoms with E-state index in [4.69, 9.17) is 9.15 Å². The van der Waals surface area contributed by atoms with Crippen LogP contribution in [-0.2, 0) is 22.9 Å². The molecule has 1 spiro atoms. The third-order valence-corrected chi connectivity index (χ3v) is 5.60. The second-order valence-electron chi connectivity index (χ2n) is 7.54. The van der Waals surface area contributed by atoms with Crippen molar-refractivity contribution < 1.29 is 45.0 Å². The maximum atomic E-state index is 13.7. The SMILES string of the molecule is O=C1N(Cc2ccc(C(F)(F)F)o2)c2cccc(OC(F)(F)F)c2C12COc1ccccc12. The average Bonchev–Trinajstić information content (AvgIpc) is 3.41. The van der Waals surface area contributed by atoms with Crippen LogP contribution in [-0.4, -0.2) is 18.9 Å². The number of para-hydroxylation sites is 1. The molecule has 3 aromatic rings. The summed E-state index contributed by atoms with van der Waals surface area (Å²) in [7, 11) is 0. The van der Waals surface area contributed by atoms with Crippen molar-refractivity contribution >= 4 is 11.6 Å². The Morgan fingerprint density at radius 2 is 1.73 bits per heavy atom. The molecule has 1 atom stereocenters. The van der Waals surface area contributed by atoms with E-state index in [1.54, 1.807) is 24.3 Å². The number of anilines is 1. The molecular formula is C22H13F6NO4. The zero-order valence-electron chi connectivity index (χ0n) is 16.5. The maximum Gasteiger partial charge on any atom is 0.573 e. The number of alkyl halides is 6. The van der Waals surface area contributed by atoms with Crippen molar-refractivity contribution in [1.29, 1.82) is 0 Å². The van der Waals surface area contributed by atoms with Gasteiger partial charge in [-0.15, -0.1) is 13.2 Å². The molecule has 0 saturated carbocycles. The van der Waals surface area contributed by atoms with E-state index in [1.807, 2.05) is 0 Å². The number of ether oxygens (including phenoxy) is 2. The van der Waals surface area contributed by atoms with E-state index in [2.05, 4.69) is 4.74 Å². The first-order valence-corrected chi connectivity index (χ1v) is 9.60. The van der Waals surface area contributed by atoms with Crippen LogP contribution in [0.5, 0.6) is 11.5 Å². The van der Waals surface area contributed by atoms with Crippen LogP contribution in [0.1, 0.15) is 22.6 Å². The highest BCUT2D eigenvalue weighted by atomic mass is 19.4. The van der Waals surface area contributed by atoms with E-state index in [-0.39, 0.29) is 23.6 Å². The fraction of sp³-hybridized carbons (Fsp3) is 0.227. The van der Waals surface area contributed by atoms with E-state index in [9.17, 15) is 31.1 Å². The first-order chi connectivity index (χ1) is 15.5. The van der Waals surface area contributed by atoms with Crippen molar-refractivity contribution in [2.75, 3.05) is 11.5 Å². The fourth-order valence-electron chi connectivity index (χ4n) is 4.35. The summed E-state index contributed by atoms with van der Waals surface area (Å²) in [4.78, 5) is 14.8. The van der Waals surface area contributed by atoms with Gasteiger partial charge in [0.15, 0.2) is 0 Å². The van der Waals surface area contributed by atoms with E-state index in [0.717, 1.165) is 23.1 Å². The first kappa shape index (κ1) is 21.2. The molecule has 1 unspecified atom stereocenters. The number of halogens is 6. The molecule has 0 radical (unpaired) electrons. The Kier molecular flexibility index (Phi) is 4.46. The molecular weight excluding hydrogens is 456 g/mol. The van der Waals surface area contributed by atoms with Crippen molar-refractivity contribution in [3.05, 3.63) is 77.2 Å². The van der Waals surface area contributed by atoms with Crippen LogP contribution in [0.2, 0.25) is 0 Å². The molecule has 2 aliphatic rings. The molecule has 3 heterocycles. The van der Waals surface area contributed by atoms with Crippen LogP contribution in [0.15, 0.2) is 59.0 Å². The molecule has 5 nitrogen and oxygen atoms in total. The zero-order chi connectivity index (χ0) is 23.6. The summed E-state index contributed by atoms with van der Waals surface area (Å²) < 4.78 is 93.0. The summed E-state index contributed by atoms with van der Waals surface area (Å²) in [6.07, 6.45) is -9.76. The van der Waals surface area contributed by atoms with Crippen LogP contribution in [0.4, 0.5) is 32.0 Å². The molecule has 2 aliphatic heterocycles. The summed E-state index contributed by atoms with van der Waals surface area (Å²) in [5.41, 5.74) is -1.33. The average molecular weight is 469 g/mol. The lowest BCUT2D eigenvalue weighted by molar-refractivity contribution is -0.275. The Labute approximate surface area is 182 Å². The van der Waals surface area contributed by atoms with Gasteiger partial charge in [-0.3, -0.25) is 4.79 Å². The molecule has 0 N–H and O–H groups in total. The van der Waals surface area contributed by atoms with Gasteiger partial charge in [-0.05, 0) is 30.3 Å². The number of nitrogens with zero attached hydrogens (tertiary/aromatic N) is 1. The topological polar surface area (TPSA) is 51.9 Å². The zero-order valence-corrected chi connectivity index (χ0v) is 16.5. The normalized spacial score (nSPS) is 19.6. The third kappa shape index (κ3) is 3.30. The molecule has 0 fully saturated rings. The highest BCUT2D eigenvalue weighted by molar-refractivity contribution is 6.12. The minimum absolute atomic E-state index is 0.0620. The standard InChI is InChI=1S/C22H13F6NO4/c23-21(24,25)17-9-8-12(32-17)10-29-14-5-3-7-16(33-22(26,27)28)18(14)20(19(29)30)11-31-15-6-2-1-4-13(15)20/h1-9H,10-11H2. The summed E-state index contributed by atoms with van der Waals surface area (Å²) in [5.74, 6) is -2.37. The van der Waals surface area contributed by atoms with Crippen molar-refractivity contribution in [2.45, 2.75) is 24.5 Å². The maximum absolute atomic E-state index is 13.7. The van der Waals surface area contributed by atoms with E-state index >= 15 is 0 Å². The first-order valence-electron chi connectivity index (χ1n) is 9.60. The van der Waals surface area contributed by atoms with Crippen molar-refractivity contribution in [3.8, 4) is 11.5 Å². The molecule has 2 aromatic carbocycles. The number of benzene rings is 2. The van der Waals surface area contributed by atoms with Crippen LogP contribution >= 0.6 is 0 Å². The van der Waals surface area contributed by atoms with Gasteiger partial charge < -0.3 is 18.8 Å². The van der Waals surface area contributed by atoms with Crippen LogP contribution in [0.25, 0.3) is 0 Å². The Balaban J connectivity index is 1.66.